The molecule has 3 fully saturated rings. The minimum absolute atomic E-state index is 0.589. The average Bonchev–Trinajstić information content (AvgIpc) is 2.19. The standard InChI is InChI=1S/C11H16N2/c1-8-6-10-11(12-7-8)9-2-4-13(10)5-3-9/h6-7,9-11H,2-5H2,1H3/t10-,11+/m1/s1. The van der Waals surface area contributed by atoms with Crippen molar-refractivity contribution in [3.63, 3.8) is 0 Å². The van der Waals surface area contributed by atoms with Crippen molar-refractivity contribution in [1.82, 2.24) is 4.90 Å². The molecule has 70 valence electrons. The Bertz CT molecular complexity index is 272. The lowest BCUT2D eigenvalue weighted by Crippen LogP contribution is -2.57. The Balaban J connectivity index is 1.94. The lowest BCUT2D eigenvalue weighted by atomic mass is 9.77. The molecule has 2 heteroatoms. The van der Waals surface area contributed by atoms with Crippen LogP contribution >= 0.6 is 0 Å². The zero-order chi connectivity index (χ0) is 8.84. The molecule has 13 heavy (non-hydrogen) atoms. The van der Waals surface area contributed by atoms with Crippen molar-refractivity contribution in [2.24, 2.45) is 10.9 Å². The number of hydrogen-bond acceptors (Lipinski definition) is 2. The van der Waals surface area contributed by atoms with Gasteiger partial charge < -0.3 is 0 Å². The second-order valence-corrected chi connectivity index (χ2v) is 4.54. The quantitative estimate of drug-likeness (QED) is 0.546. The summed E-state index contributed by atoms with van der Waals surface area (Å²) in [5.74, 6) is 0.871. The molecule has 3 saturated heterocycles. The highest BCUT2D eigenvalue weighted by molar-refractivity contribution is 5.79. The monoisotopic (exact) mass is 176 g/mol. The van der Waals surface area contributed by atoms with Crippen molar-refractivity contribution < 1.29 is 0 Å². The molecule has 4 heterocycles. The molecule has 0 aromatic carbocycles. The first-order valence-electron chi connectivity index (χ1n) is 5.30. The SMILES string of the molecule is CC1=C[C@@H]2[C@@H](N=C1)C1CCN2CC1. The third kappa shape index (κ3) is 1.08. The Kier molecular flexibility index (Phi) is 1.59. The third-order valence-electron chi connectivity index (χ3n) is 3.71. The summed E-state index contributed by atoms with van der Waals surface area (Å²) in [6.45, 7) is 4.75. The van der Waals surface area contributed by atoms with Gasteiger partial charge in [0.2, 0.25) is 0 Å². The maximum Gasteiger partial charge on any atom is 0.0719 e. The molecule has 0 saturated carbocycles. The van der Waals surface area contributed by atoms with E-state index in [1.54, 1.807) is 0 Å². The Morgan fingerprint density at radius 2 is 2.15 bits per heavy atom. The van der Waals surface area contributed by atoms with Gasteiger partial charge in [-0.25, -0.2) is 0 Å². The van der Waals surface area contributed by atoms with E-state index < -0.39 is 0 Å². The lowest BCUT2D eigenvalue weighted by Gasteiger charge is -2.49. The van der Waals surface area contributed by atoms with E-state index >= 15 is 0 Å². The molecule has 0 amide bonds. The topological polar surface area (TPSA) is 15.6 Å². The molecule has 4 aliphatic heterocycles. The van der Waals surface area contributed by atoms with Crippen molar-refractivity contribution in [3.05, 3.63) is 11.6 Å². The molecule has 2 bridgehead atoms. The van der Waals surface area contributed by atoms with Gasteiger partial charge in [0.1, 0.15) is 0 Å². The van der Waals surface area contributed by atoms with Crippen LogP contribution in [0.5, 0.6) is 0 Å². The summed E-state index contributed by atoms with van der Waals surface area (Å²) < 4.78 is 0. The molecule has 0 aliphatic carbocycles. The van der Waals surface area contributed by atoms with Crippen LogP contribution in [0, 0.1) is 5.92 Å². The van der Waals surface area contributed by atoms with Gasteiger partial charge in [-0.05, 0) is 44.3 Å². The number of nitrogens with zero attached hydrogens (tertiary/aromatic N) is 2. The first kappa shape index (κ1) is 7.74. The van der Waals surface area contributed by atoms with Gasteiger partial charge in [-0.2, -0.15) is 0 Å². The molecule has 2 atom stereocenters. The van der Waals surface area contributed by atoms with Crippen molar-refractivity contribution in [2.45, 2.75) is 31.8 Å². The van der Waals surface area contributed by atoms with Crippen molar-refractivity contribution in [2.75, 3.05) is 13.1 Å². The zero-order valence-corrected chi connectivity index (χ0v) is 8.11. The summed E-state index contributed by atoms with van der Waals surface area (Å²) in [5.41, 5.74) is 1.34. The first-order valence-corrected chi connectivity index (χ1v) is 5.30. The Hall–Kier alpha value is -0.630. The van der Waals surface area contributed by atoms with Crippen LogP contribution in [0.25, 0.3) is 0 Å². The van der Waals surface area contributed by atoms with E-state index in [1.807, 2.05) is 0 Å². The maximum absolute atomic E-state index is 4.68. The normalized spacial score (nSPS) is 47.3. The highest BCUT2D eigenvalue weighted by Crippen LogP contribution is 2.36. The molecule has 4 rings (SSSR count). The predicted octanol–water partition coefficient (Wildman–Crippen LogP) is 1.48. The van der Waals surface area contributed by atoms with Crippen LogP contribution < -0.4 is 0 Å². The van der Waals surface area contributed by atoms with Gasteiger partial charge in [0, 0.05) is 6.21 Å². The molecule has 0 spiro atoms. The molecule has 2 nitrogen and oxygen atoms in total. The van der Waals surface area contributed by atoms with Gasteiger partial charge in [0.25, 0.3) is 0 Å². The summed E-state index contributed by atoms with van der Waals surface area (Å²) in [7, 11) is 0. The minimum atomic E-state index is 0.589. The first-order chi connectivity index (χ1) is 6.34. The predicted molar refractivity (Wildman–Crippen MR) is 54.1 cm³/mol. The van der Waals surface area contributed by atoms with E-state index in [0.717, 1.165) is 5.92 Å². The summed E-state index contributed by atoms with van der Waals surface area (Å²) in [4.78, 5) is 7.28. The fourth-order valence-electron chi connectivity index (χ4n) is 2.98. The van der Waals surface area contributed by atoms with Gasteiger partial charge >= 0.3 is 0 Å². The number of hydrogen-bond donors (Lipinski definition) is 0. The fraction of sp³-hybridized carbons (Fsp3) is 0.727. The molecular formula is C11H16N2. The van der Waals surface area contributed by atoms with E-state index in [9.17, 15) is 0 Å². The minimum Gasteiger partial charge on any atom is -0.295 e. The fourth-order valence-corrected chi connectivity index (χ4v) is 2.98. The molecule has 0 N–H and O–H groups in total. The average molecular weight is 176 g/mol. The number of allylic oxidation sites excluding steroid dienone is 1. The third-order valence-corrected chi connectivity index (χ3v) is 3.71. The zero-order valence-electron chi connectivity index (χ0n) is 8.11. The van der Waals surface area contributed by atoms with Gasteiger partial charge in [-0.1, -0.05) is 6.08 Å². The van der Waals surface area contributed by atoms with Crippen LogP contribution in [0.15, 0.2) is 16.6 Å². The van der Waals surface area contributed by atoms with Gasteiger partial charge in [0.05, 0.1) is 12.1 Å². The maximum atomic E-state index is 4.68. The summed E-state index contributed by atoms with van der Waals surface area (Å²) >= 11 is 0. The molecule has 0 radical (unpaired) electrons. The highest BCUT2D eigenvalue weighted by Gasteiger charge is 2.41. The van der Waals surface area contributed by atoms with Crippen LogP contribution in [0.1, 0.15) is 19.8 Å². The van der Waals surface area contributed by atoms with Gasteiger partial charge in [-0.3, -0.25) is 9.89 Å². The summed E-state index contributed by atoms with van der Waals surface area (Å²) in [5, 5.41) is 0. The van der Waals surface area contributed by atoms with Crippen LogP contribution in [0.4, 0.5) is 0 Å². The Morgan fingerprint density at radius 3 is 2.92 bits per heavy atom. The van der Waals surface area contributed by atoms with E-state index in [2.05, 4.69) is 29.1 Å². The van der Waals surface area contributed by atoms with Gasteiger partial charge in [0.15, 0.2) is 0 Å². The molecule has 0 aromatic rings. The summed E-state index contributed by atoms with van der Waals surface area (Å²) in [6.07, 6.45) is 7.20. The second-order valence-electron chi connectivity index (χ2n) is 4.54. The van der Waals surface area contributed by atoms with Crippen LogP contribution in [-0.4, -0.2) is 36.3 Å². The molecular weight excluding hydrogens is 160 g/mol. The van der Waals surface area contributed by atoms with Crippen LogP contribution in [0.3, 0.4) is 0 Å². The van der Waals surface area contributed by atoms with Crippen molar-refractivity contribution in [1.29, 1.82) is 0 Å². The molecule has 0 aromatic heterocycles. The number of piperidine rings is 3. The Morgan fingerprint density at radius 1 is 1.38 bits per heavy atom. The number of rotatable bonds is 0. The smallest absolute Gasteiger partial charge is 0.0719 e. The van der Waals surface area contributed by atoms with Crippen LogP contribution in [0.2, 0.25) is 0 Å². The van der Waals surface area contributed by atoms with Gasteiger partial charge in [-0.15, -0.1) is 0 Å². The van der Waals surface area contributed by atoms with E-state index in [1.165, 1.54) is 31.5 Å². The lowest BCUT2D eigenvalue weighted by molar-refractivity contribution is 0.0519. The Labute approximate surface area is 79.3 Å². The molecule has 0 unspecified atom stereocenters. The van der Waals surface area contributed by atoms with E-state index in [-0.39, 0.29) is 0 Å². The number of fused-ring (bicyclic) bond motifs is 2. The highest BCUT2D eigenvalue weighted by atomic mass is 15.2. The van der Waals surface area contributed by atoms with Crippen LogP contribution in [-0.2, 0) is 0 Å². The number of dihydropyridines is 1. The number of aliphatic imine (C=N–C) groups is 1. The van der Waals surface area contributed by atoms with Crippen molar-refractivity contribution in [3.8, 4) is 0 Å². The summed E-state index contributed by atoms with van der Waals surface area (Å²) in [6, 6.07) is 1.23. The van der Waals surface area contributed by atoms with E-state index in [0.29, 0.717) is 12.1 Å². The van der Waals surface area contributed by atoms with E-state index in [4.69, 9.17) is 0 Å². The van der Waals surface area contributed by atoms with Crippen molar-refractivity contribution >= 4 is 6.21 Å². The second kappa shape index (κ2) is 2.68. The molecule has 4 aliphatic rings. The largest absolute Gasteiger partial charge is 0.295 e.